The number of hydrogen-bond acceptors (Lipinski definition) is 4. The summed E-state index contributed by atoms with van der Waals surface area (Å²) in [6, 6.07) is 64.4. The smallest absolute Gasteiger partial charge is 0.164 e. The Morgan fingerprint density at radius 2 is 0.967 bits per heavy atom. The number of para-hydroxylation sites is 2. The maximum Gasteiger partial charge on any atom is 0.164 e. The van der Waals surface area contributed by atoms with E-state index in [4.69, 9.17) is 19.4 Å². The van der Waals surface area contributed by atoms with Crippen molar-refractivity contribution < 1.29 is 4.42 Å². The molecule has 0 spiro atoms. The van der Waals surface area contributed by atoms with Crippen molar-refractivity contribution in [3.05, 3.63) is 188 Å². The third-order valence-corrected chi connectivity index (χ3v) is 12.1. The van der Waals surface area contributed by atoms with Gasteiger partial charge >= 0.3 is 0 Å². The minimum atomic E-state index is 0.595. The first-order chi connectivity index (χ1) is 30.2. The molecule has 61 heavy (non-hydrogen) atoms. The van der Waals surface area contributed by atoms with Crippen LogP contribution in [0.25, 0.3) is 111 Å². The summed E-state index contributed by atoms with van der Waals surface area (Å²) in [7, 11) is 0. The zero-order valence-electron chi connectivity index (χ0n) is 33.6. The fourth-order valence-electron chi connectivity index (χ4n) is 9.20. The number of rotatable bonds is 8. The quantitative estimate of drug-likeness (QED) is 0.154. The summed E-state index contributed by atoms with van der Waals surface area (Å²) in [4.78, 5) is 14.8. The molecule has 12 rings (SSSR count). The number of fused-ring (bicyclic) bond motifs is 9. The molecule has 0 saturated heterocycles. The van der Waals surface area contributed by atoms with Gasteiger partial charge in [0.05, 0.1) is 22.1 Å². The molecule has 4 aromatic heterocycles. The largest absolute Gasteiger partial charge is 0.456 e. The Labute approximate surface area is 352 Å². The van der Waals surface area contributed by atoms with Crippen molar-refractivity contribution in [1.82, 2.24) is 24.1 Å². The van der Waals surface area contributed by atoms with E-state index >= 15 is 0 Å². The van der Waals surface area contributed by atoms with E-state index in [0.29, 0.717) is 17.5 Å². The Bertz CT molecular complexity index is 3580. The topological polar surface area (TPSA) is 61.7 Å². The van der Waals surface area contributed by atoms with Gasteiger partial charge in [0.1, 0.15) is 11.2 Å². The van der Waals surface area contributed by atoms with E-state index < -0.39 is 0 Å². The maximum absolute atomic E-state index is 6.59. The average molecular weight is 786 g/mol. The highest BCUT2D eigenvalue weighted by atomic mass is 16.3. The lowest BCUT2D eigenvalue weighted by Crippen LogP contribution is -2.00. The molecule has 0 aliphatic carbocycles. The SMILES string of the molecule is CCCCc1cccc(-n2c3ccccc3c3cc4c(cc32)c2ccccc2n4-c2ccc3oc4cc(-c5nc(-c6ccccc6)nc(-c6ccccc6)n5)ccc4c3c2)c1. The van der Waals surface area contributed by atoms with Crippen LogP contribution in [0.5, 0.6) is 0 Å². The fourth-order valence-corrected chi connectivity index (χ4v) is 9.20. The van der Waals surface area contributed by atoms with E-state index in [1.807, 2.05) is 60.7 Å². The summed E-state index contributed by atoms with van der Waals surface area (Å²) in [5.41, 5.74) is 12.7. The van der Waals surface area contributed by atoms with E-state index in [2.05, 4.69) is 137 Å². The van der Waals surface area contributed by atoms with Gasteiger partial charge in [-0.1, -0.05) is 129 Å². The molecule has 0 amide bonds. The molecule has 0 fully saturated rings. The van der Waals surface area contributed by atoms with Crippen LogP contribution in [0.2, 0.25) is 0 Å². The van der Waals surface area contributed by atoms with Crippen LogP contribution in [0.1, 0.15) is 25.3 Å². The summed E-state index contributed by atoms with van der Waals surface area (Å²) in [5, 5.41) is 7.00. The Hall–Kier alpha value is -7.83. The van der Waals surface area contributed by atoms with Gasteiger partial charge in [0.15, 0.2) is 17.5 Å². The van der Waals surface area contributed by atoms with Gasteiger partial charge in [-0.25, -0.2) is 15.0 Å². The van der Waals surface area contributed by atoms with Crippen molar-refractivity contribution in [3.63, 3.8) is 0 Å². The predicted molar refractivity (Wildman–Crippen MR) is 251 cm³/mol. The molecule has 0 aliphatic rings. The minimum Gasteiger partial charge on any atom is -0.456 e. The van der Waals surface area contributed by atoms with Gasteiger partial charge in [0, 0.05) is 60.4 Å². The third-order valence-electron chi connectivity index (χ3n) is 12.1. The lowest BCUT2D eigenvalue weighted by atomic mass is 10.1. The van der Waals surface area contributed by atoms with Gasteiger partial charge in [0.2, 0.25) is 0 Å². The molecule has 0 saturated carbocycles. The first-order valence-electron chi connectivity index (χ1n) is 21.1. The maximum atomic E-state index is 6.59. The molecule has 0 radical (unpaired) electrons. The normalized spacial score (nSPS) is 11.9. The molecule has 12 aromatic rings. The highest BCUT2D eigenvalue weighted by Crippen LogP contribution is 2.41. The van der Waals surface area contributed by atoms with Gasteiger partial charge < -0.3 is 13.6 Å². The molecule has 6 heteroatoms. The number of nitrogens with zero attached hydrogens (tertiary/aromatic N) is 5. The second kappa shape index (κ2) is 14.2. The number of hydrogen-bond donors (Lipinski definition) is 0. The Morgan fingerprint density at radius 1 is 0.393 bits per heavy atom. The van der Waals surface area contributed by atoms with Crippen molar-refractivity contribution >= 4 is 65.6 Å². The van der Waals surface area contributed by atoms with Crippen molar-refractivity contribution in [2.24, 2.45) is 0 Å². The summed E-state index contributed by atoms with van der Waals surface area (Å²) in [6.45, 7) is 2.26. The Balaban J connectivity index is 1.01. The van der Waals surface area contributed by atoms with Crippen molar-refractivity contribution in [3.8, 4) is 45.5 Å². The molecule has 6 nitrogen and oxygen atoms in total. The lowest BCUT2D eigenvalue weighted by molar-refractivity contribution is 0.669. The zero-order valence-corrected chi connectivity index (χ0v) is 33.6. The summed E-state index contributed by atoms with van der Waals surface area (Å²) in [5.74, 6) is 1.85. The van der Waals surface area contributed by atoms with Gasteiger partial charge in [0.25, 0.3) is 0 Å². The van der Waals surface area contributed by atoms with E-state index in [-0.39, 0.29) is 0 Å². The third kappa shape index (κ3) is 5.82. The van der Waals surface area contributed by atoms with Gasteiger partial charge in [-0.2, -0.15) is 0 Å². The monoisotopic (exact) mass is 785 g/mol. The number of unbranched alkanes of at least 4 members (excludes halogenated alkanes) is 1. The van der Waals surface area contributed by atoms with Crippen molar-refractivity contribution in [1.29, 1.82) is 0 Å². The predicted octanol–water partition coefficient (Wildman–Crippen LogP) is 14.3. The van der Waals surface area contributed by atoms with Crippen LogP contribution in [-0.2, 0) is 6.42 Å². The minimum absolute atomic E-state index is 0.595. The lowest BCUT2D eigenvalue weighted by Gasteiger charge is -2.11. The van der Waals surface area contributed by atoms with E-state index in [0.717, 1.165) is 56.3 Å². The summed E-state index contributed by atoms with van der Waals surface area (Å²) < 4.78 is 11.5. The van der Waals surface area contributed by atoms with Crippen LogP contribution in [0.3, 0.4) is 0 Å². The highest BCUT2D eigenvalue weighted by Gasteiger charge is 2.20. The van der Waals surface area contributed by atoms with Crippen LogP contribution in [0, 0.1) is 0 Å². The van der Waals surface area contributed by atoms with Gasteiger partial charge in [-0.15, -0.1) is 0 Å². The number of furan rings is 1. The number of benzene rings is 8. The first kappa shape index (κ1) is 35.1. The second-order valence-corrected chi connectivity index (χ2v) is 15.9. The van der Waals surface area contributed by atoms with Gasteiger partial charge in [-0.05, 0) is 85.1 Å². The fraction of sp³-hybridized carbons (Fsp3) is 0.0727. The molecule has 0 atom stereocenters. The van der Waals surface area contributed by atoms with Crippen LogP contribution >= 0.6 is 0 Å². The zero-order chi connectivity index (χ0) is 40.4. The molecule has 290 valence electrons. The van der Waals surface area contributed by atoms with E-state index in [9.17, 15) is 0 Å². The number of aromatic nitrogens is 5. The average Bonchev–Trinajstić information content (AvgIpc) is 3.97. The van der Waals surface area contributed by atoms with Gasteiger partial charge in [-0.3, -0.25) is 0 Å². The molecule has 8 aromatic carbocycles. The molecule has 0 bridgehead atoms. The summed E-state index contributed by atoms with van der Waals surface area (Å²) in [6.07, 6.45) is 3.45. The molecule has 0 aliphatic heterocycles. The van der Waals surface area contributed by atoms with E-state index in [1.165, 1.54) is 62.2 Å². The molecular weight excluding hydrogens is 747 g/mol. The molecule has 0 unspecified atom stereocenters. The standard InChI is InChI=1S/C55H39N5O/c1-2-3-15-35-16-14-21-39(30-35)59-47-24-12-10-22-41(47)44-34-50-45(33-49(44)59)42-23-11-13-25-48(42)60(50)40-27-29-51-46(32-40)43-28-26-38(31-52(43)61-51)55-57-53(36-17-6-4-7-18-36)56-54(58-55)37-19-8-5-9-20-37/h4-14,16-34H,2-3,15H2,1H3. The van der Waals surface area contributed by atoms with Crippen molar-refractivity contribution in [2.45, 2.75) is 26.2 Å². The van der Waals surface area contributed by atoms with E-state index in [1.54, 1.807) is 0 Å². The highest BCUT2D eigenvalue weighted by molar-refractivity contribution is 6.19. The number of aryl methyl sites for hydroxylation is 1. The molecule has 4 heterocycles. The van der Waals surface area contributed by atoms with Crippen LogP contribution < -0.4 is 0 Å². The van der Waals surface area contributed by atoms with Crippen LogP contribution in [0.15, 0.2) is 186 Å². The van der Waals surface area contributed by atoms with Crippen LogP contribution in [0.4, 0.5) is 0 Å². The van der Waals surface area contributed by atoms with Crippen LogP contribution in [-0.4, -0.2) is 24.1 Å². The van der Waals surface area contributed by atoms with Crippen molar-refractivity contribution in [2.75, 3.05) is 0 Å². The molecule has 0 N–H and O–H groups in total. The Kier molecular flexibility index (Phi) is 8.17. The second-order valence-electron chi connectivity index (χ2n) is 15.9. The first-order valence-corrected chi connectivity index (χ1v) is 21.1. The Morgan fingerprint density at radius 3 is 1.59 bits per heavy atom. The molecular formula is C55H39N5O. The summed E-state index contributed by atoms with van der Waals surface area (Å²) >= 11 is 0.